The number of aromatic amines is 1. The number of benzene rings is 1. The minimum Gasteiger partial charge on any atom is -0.321 e. The Morgan fingerprint density at radius 1 is 1.37 bits per heavy atom. The third kappa shape index (κ3) is 2.98. The Morgan fingerprint density at radius 3 is 2.74 bits per heavy atom. The second kappa shape index (κ2) is 5.93. The summed E-state index contributed by atoms with van der Waals surface area (Å²) in [6.45, 7) is 5.76. The fourth-order valence-electron chi connectivity index (χ4n) is 1.92. The number of hydrogen-bond acceptors (Lipinski definition) is 3. The molecule has 2 aromatic rings. The molecule has 0 aliphatic rings. The Hall–Kier alpha value is -1.75. The lowest BCUT2D eigenvalue weighted by molar-refractivity contribution is 0.102. The smallest absolute Gasteiger partial charge is 0.259 e. The minimum atomic E-state index is -0.118. The number of H-pyrrole nitrogens is 1. The van der Waals surface area contributed by atoms with Crippen LogP contribution >= 0.6 is 11.8 Å². The van der Waals surface area contributed by atoms with Crippen molar-refractivity contribution in [1.82, 2.24) is 10.2 Å². The van der Waals surface area contributed by atoms with Crippen molar-refractivity contribution >= 4 is 23.4 Å². The molecule has 0 radical (unpaired) electrons. The van der Waals surface area contributed by atoms with E-state index in [2.05, 4.69) is 22.4 Å². The summed E-state index contributed by atoms with van der Waals surface area (Å²) in [5.41, 5.74) is 2.97. The Kier molecular flexibility index (Phi) is 4.27. The molecule has 0 aliphatic heterocycles. The summed E-state index contributed by atoms with van der Waals surface area (Å²) < 4.78 is 0. The molecule has 0 saturated carbocycles. The van der Waals surface area contributed by atoms with Gasteiger partial charge in [0, 0.05) is 10.6 Å². The maximum atomic E-state index is 12.3. The van der Waals surface area contributed by atoms with E-state index >= 15 is 0 Å². The molecule has 1 amide bonds. The number of anilines is 1. The summed E-state index contributed by atoms with van der Waals surface area (Å²) in [5, 5.41) is 9.83. The molecule has 0 atom stereocenters. The molecular weight excluding hydrogens is 258 g/mol. The Bertz CT molecular complexity index is 573. The molecule has 1 heterocycles. The Morgan fingerprint density at radius 2 is 2.11 bits per heavy atom. The normalized spacial score (nSPS) is 10.5. The van der Waals surface area contributed by atoms with Gasteiger partial charge in [0.25, 0.3) is 5.91 Å². The van der Waals surface area contributed by atoms with Crippen LogP contribution in [0.1, 0.15) is 28.7 Å². The number of carbonyl (C=O) groups is 1. The zero-order valence-corrected chi connectivity index (χ0v) is 12.1. The van der Waals surface area contributed by atoms with E-state index in [1.807, 2.05) is 38.1 Å². The monoisotopic (exact) mass is 275 g/mol. The molecule has 0 bridgehead atoms. The lowest BCUT2D eigenvalue weighted by Gasteiger charge is -2.10. The van der Waals surface area contributed by atoms with Crippen LogP contribution in [0.3, 0.4) is 0 Å². The van der Waals surface area contributed by atoms with E-state index in [4.69, 9.17) is 0 Å². The van der Waals surface area contributed by atoms with Gasteiger partial charge in [-0.1, -0.05) is 19.1 Å². The number of nitrogens with one attached hydrogen (secondary N) is 2. The highest BCUT2D eigenvalue weighted by molar-refractivity contribution is 7.99. The van der Waals surface area contributed by atoms with Crippen LogP contribution in [0.15, 0.2) is 29.2 Å². The predicted octanol–water partition coefficient (Wildman–Crippen LogP) is 3.39. The largest absolute Gasteiger partial charge is 0.321 e. The SMILES string of the molecule is CCSc1ccccc1NC(=O)c1c(C)n[nH]c1C. The van der Waals surface area contributed by atoms with Crippen molar-refractivity contribution in [1.29, 1.82) is 0 Å². The molecule has 0 saturated heterocycles. The van der Waals surface area contributed by atoms with Gasteiger partial charge in [0.05, 0.1) is 16.9 Å². The second-order valence-electron chi connectivity index (χ2n) is 4.19. The average molecular weight is 275 g/mol. The van der Waals surface area contributed by atoms with E-state index in [0.717, 1.165) is 27.7 Å². The molecule has 0 spiro atoms. The summed E-state index contributed by atoms with van der Waals surface area (Å²) in [5.74, 6) is 0.851. The van der Waals surface area contributed by atoms with Crippen molar-refractivity contribution in [3.63, 3.8) is 0 Å². The van der Waals surface area contributed by atoms with Gasteiger partial charge < -0.3 is 5.32 Å². The second-order valence-corrected chi connectivity index (χ2v) is 5.50. The number of nitrogens with zero attached hydrogens (tertiary/aromatic N) is 1. The Labute approximate surface area is 117 Å². The number of amides is 1. The number of rotatable bonds is 4. The predicted molar refractivity (Wildman–Crippen MR) is 78.9 cm³/mol. The maximum absolute atomic E-state index is 12.3. The highest BCUT2D eigenvalue weighted by Crippen LogP contribution is 2.27. The summed E-state index contributed by atoms with van der Waals surface area (Å²) in [7, 11) is 0. The minimum absolute atomic E-state index is 0.118. The van der Waals surface area contributed by atoms with Gasteiger partial charge in [-0.25, -0.2) is 0 Å². The fourth-order valence-corrected chi connectivity index (χ4v) is 2.68. The molecule has 0 aliphatic carbocycles. The summed E-state index contributed by atoms with van der Waals surface area (Å²) >= 11 is 1.71. The van der Waals surface area contributed by atoms with Crippen LogP contribution in [0.5, 0.6) is 0 Å². The van der Waals surface area contributed by atoms with Crippen LogP contribution in [-0.4, -0.2) is 21.9 Å². The van der Waals surface area contributed by atoms with Crippen LogP contribution < -0.4 is 5.32 Å². The number of carbonyl (C=O) groups excluding carboxylic acids is 1. The van der Waals surface area contributed by atoms with Gasteiger partial charge in [-0.3, -0.25) is 9.89 Å². The van der Waals surface area contributed by atoms with Crippen LogP contribution in [0.25, 0.3) is 0 Å². The number of thioether (sulfide) groups is 1. The first-order valence-electron chi connectivity index (χ1n) is 6.18. The van der Waals surface area contributed by atoms with Gasteiger partial charge >= 0.3 is 0 Å². The first-order chi connectivity index (χ1) is 9.13. The van der Waals surface area contributed by atoms with Crippen molar-refractivity contribution in [3.8, 4) is 0 Å². The highest BCUT2D eigenvalue weighted by atomic mass is 32.2. The van der Waals surface area contributed by atoms with Gasteiger partial charge in [0.2, 0.25) is 0 Å². The lowest BCUT2D eigenvalue weighted by atomic mass is 10.2. The molecule has 100 valence electrons. The van der Waals surface area contributed by atoms with Crippen molar-refractivity contribution in [3.05, 3.63) is 41.2 Å². The molecule has 4 nitrogen and oxygen atoms in total. The lowest BCUT2D eigenvalue weighted by Crippen LogP contribution is -2.14. The van der Waals surface area contributed by atoms with Crippen LogP contribution in [-0.2, 0) is 0 Å². The summed E-state index contributed by atoms with van der Waals surface area (Å²) in [6, 6.07) is 7.83. The van der Waals surface area contributed by atoms with E-state index in [1.165, 1.54) is 0 Å². The van der Waals surface area contributed by atoms with E-state index in [0.29, 0.717) is 5.56 Å². The molecule has 2 N–H and O–H groups in total. The highest BCUT2D eigenvalue weighted by Gasteiger charge is 2.16. The Balaban J connectivity index is 2.24. The number of aromatic nitrogens is 2. The molecule has 2 rings (SSSR count). The summed E-state index contributed by atoms with van der Waals surface area (Å²) in [6.07, 6.45) is 0. The van der Waals surface area contributed by atoms with Crippen LogP contribution in [0, 0.1) is 13.8 Å². The third-order valence-electron chi connectivity index (χ3n) is 2.79. The van der Waals surface area contributed by atoms with E-state index in [-0.39, 0.29) is 5.91 Å². The fraction of sp³-hybridized carbons (Fsp3) is 0.286. The maximum Gasteiger partial charge on any atom is 0.259 e. The van der Waals surface area contributed by atoms with Crippen LogP contribution in [0.2, 0.25) is 0 Å². The van der Waals surface area contributed by atoms with E-state index < -0.39 is 0 Å². The topological polar surface area (TPSA) is 57.8 Å². The average Bonchev–Trinajstić information content (AvgIpc) is 2.72. The van der Waals surface area contributed by atoms with Gasteiger partial charge in [-0.05, 0) is 31.7 Å². The molecule has 1 aromatic carbocycles. The molecule has 5 heteroatoms. The van der Waals surface area contributed by atoms with Crippen LogP contribution in [0.4, 0.5) is 5.69 Å². The van der Waals surface area contributed by atoms with Crippen molar-refractivity contribution in [2.24, 2.45) is 0 Å². The zero-order valence-electron chi connectivity index (χ0n) is 11.3. The van der Waals surface area contributed by atoms with Gasteiger partial charge in [0.15, 0.2) is 0 Å². The number of aryl methyl sites for hydroxylation is 2. The summed E-state index contributed by atoms with van der Waals surface area (Å²) in [4.78, 5) is 13.4. The quantitative estimate of drug-likeness (QED) is 0.841. The van der Waals surface area contributed by atoms with Gasteiger partial charge in [-0.2, -0.15) is 5.10 Å². The van der Waals surface area contributed by atoms with E-state index in [9.17, 15) is 4.79 Å². The zero-order chi connectivity index (χ0) is 13.8. The first-order valence-corrected chi connectivity index (χ1v) is 7.16. The standard InChI is InChI=1S/C14H17N3OS/c1-4-19-12-8-6-5-7-11(12)15-14(18)13-9(2)16-17-10(13)3/h5-8H,4H2,1-3H3,(H,15,18)(H,16,17). The van der Waals surface area contributed by atoms with Gasteiger partial charge in [-0.15, -0.1) is 11.8 Å². The first kappa shape index (κ1) is 13.7. The number of hydrogen-bond donors (Lipinski definition) is 2. The molecular formula is C14H17N3OS. The van der Waals surface area contributed by atoms with Crippen molar-refractivity contribution < 1.29 is 4.79 Å². The van der Waals surface area contributed by atoms with Gasteiger partial charge in [0.1, 0.15) is 0 Å². The van der Waals surface area contributed by atoms with E-state index in [1.54, 1.807) is 11.8 Å². The van der Waals surface area contributed by atoms with Crippen molar-refractivity contribution in [2.45, 2.75) is 25.7 Å². The molecule has 0 fully saturated rings. The molecule has 1 aromatic heterocycles. The molecule has 0 unspecified atom stereocenters. The molecule has 19 heavy (non-hydrogen) atoms. The number of para-hydroxylation sites is 1. The van der Waals surface area contributed by atoms with Crippen molar-refractivity contribution in [2.75, 3.05) is 11.1 Å². The third-order valence-corrected chi connectivity index (χ3v) is 3.75.